The Balaban J connectivity index is 1.46. The summed E-state index contributed by atoms with van der Waals surface area (Å²) in [4.78, 5) is 42.1. The first kappa shape index (κ1) is 28.6. The minimum Gasteiger partial charge on any atom is -0.459 e. The predicted octanol–water partition coefficient (Wildman–Crippen LogP) is 4.87. The van der Waals surface area contributed by atoms with Gasteiger partial charge in [0.05, 0.1) is 27.6 Å². The Bertz CT molecular complexity index is 1620. The Hall–Kier alpha value is -2.96. The number of thioether (sulfide) groups is 1. The fourth-order valence-electron chi connectivity index (χ4n) is 4.56. The van der Waals surface area contributed by atoms with Crippen LogP contribution < -0.4 is 16.4 Å². The fourth-order valence-corrected chi connectivity index (χ4v) is 6.23. The van der Waals surface area contributed by atoms with E-state index in [9.17, 15) is 9.59 Å². The molecule has 1 fully saturated rings. The first-order chi connectivity index (χ1) is 18.9. The molecular formula is C27H29Cl2N7O3S. The molecular weight excluding hydrogens is 573 g/mol. The average Bonchev–Trinajstić information content (AvgIpc) is 3.55. The maximum absolute atomic E-state index is 14.0. The number of esters is 1. The van der Waals surface area contributed by atoms with Gasteiger partial charge in [-0.25, -0.2) is 15.0 Å². The number of aromatic nitrogens is 4. The number of nitrogens with one attached hydrogen (secondary N) is 3. The average molecular weight is 603 g/mol. The molecule has 1 aliphatic rings. The van der Waals surface area contributed by atoms with Gasteiger partial charge in [0, 0.05) is 28.3 Å². The highest BCUT2D eigenvalue weighted by atomic mass is 35.5. The molecule has 2 aromatic heterocycles. The van der Waals surface area contributed by atoms with Gasteiger partial charge in [-0.1, -0.05) is 23.2 Å². The van der Waals surface area contributed by atoms with Crippen molar-refractivity contribution in [3.8, 4) is 0 Å². The standard InChI is InChI=1S/C27H29Cl2N7O3S/c1-13(23-35-18-6-5-14(28)9-20(18)36-23)34-24-16-10-17(29)15(11-19(16)31-12-32-24)22(37)27(33-7-8-40-27)21(30)25(38)39-26(2,3)4/h5-6,9-13,21,33H,7-8,30H2,1-4H3,(H,35,36)(H,31,32,34)/t13-,21?,27?/m0/s1. The topological polar surface area (TPSA) is 148 Å². The van der Waals surface area contributed by atoms with Crippen LogP contribution in [0.5, 0.6) is 0 Å². The first-order valence-electron chi connectivity index (χ1n) is 12.7. The van der Waals surface area contributed by atoms with Crippen LogP contribution in [0.4, 0.5) is 5.82 Å². The number of imidazole rings is 1. The quantitative estimate of drug-likeness (QED) is 0.171. The molecule has 40 heavy (non-hydrogen) atoms. The van der Waals surface area contributed by atoms with E-state index in [1.807, 2.05) is 19.1 Å². The van der Waals surface area contributed by atoms with Gasteiger partial charge >= 0.3 is 5.97 Å². The molecule has 5 rings (SSSR count). The highest BCUT2D eigenvalue weighted by Crippen LogP contribution is 2.38. The third-order valence-electron chi connectivity index (χ3n) is 6.45. The molecule has 0 radical (unpaired) electrons. The zero-order valence-electron chi connectivity index (χ0n) is 22.3. The molecule has 3 atom stereocenters. The van der Waals surface area contributed by atoms with Crippen molar-refractivity contribution >= 4 is 74.5 Å². The van der Waals surface area contributed by atoms with Crippen molar-refractivity contribution in [1.29, 1.82) is 0 Å². The third-order valence-corrected chi connectivity index (χ3v) is 8.44. The summed E-state index contributed by atoms with van der Waals surface area (Å²) in [6.45, 7) is 7.68. The molecule has 3 heterocycles. The molecule has 0 bridgehead atoms. The Morgan fingerprint density at radius 2 is 1.95 bits per heavy atom. The Morgan fingerprint density at radius 1 is 1.18 bits per heavy atom. The maximum Gasteiger partial charge on any atom is 0.326 e. The molecule has 1 aliphatic heterocycles. The number of hydrogen-bond donors (Lipinski definition) is 4. The van der Waals surface area contributed by atoms with Crippen molar-refractivity contribution in [2.75, 3.05) is 17.6 Å². The number of benzene rings is 2. The van der Waals surface area contributed by atoms with Crippen LogP contribution in [0.25, 0.3) is 21.9 Å². The number of ether oxygens (including phenoxy) is 1. The van der Waals surface area contributed by atoms with Crippen molar-refractivity contribution in [2.45, 2.75) is 50.3 Å². The van der Waals surface area contributed by atoms with E-state index in [-0.39, 0.29) is 16.6 Å². The molecule has 0 aliphatic carbocycles. The van der Waals surface area contributed by atoms with Gasteiger partial charge < -0.3 is 20.8 Å². The van der Waals surface area contributed by atoms with Gasteiger partial charge in [0.1, 0.15) is 29.6 Å². The summed E-state index contributed by atoms with van der Waals surface area (Å²) in [5.41, 5.74) is 7.92. The normalized spacial score (nSPS) is 19.1. The van der Waals surface area contributed by atoms with E-state index in [1.54, 1.807) is 39.0 Å². The molecule has 5 N–H and O–H groups in total. The summed E-state index contributed by atoms with van der Waals surface area (Å²) >= 11 is 14.1. The number of nitrogens with zero attached hydrogens (tertiary/aromatic N) is 3. The number of carbonyl (C=O) groups is 2. The highest BCUT2D eigenvalue weighted by Gasteiger charge is 2.52. The van der Waals surface area contributed by atoms with Crippen LogP contribution in [0.15, 0.2) is 36.7 Å². The van der Waals surface area contributed by atoms with E-state index in [0.29, 0.717) is 39.9 Å². The van der Waals surface area contributed by atoms with Gasteiger partial charge in [0.25, 0.3) is 0 Å². The summed E-state index contributed by atoms with van der Waals surface area (Å²) in [5, 5.41) is 7.92. The molecule has 0 spiro atoms. The number of Topliss-reactive ketones (excluding diaryl/α,β-unsaturated/α-hetero) is 1. The van der Waals surface area contributed by atoms with Crippen LogP contribution in [0.2, 0.25) is 10.0 Å². The molecule has 2 unspecified atom stereocenters. The smallest absolute Gasteiger partial charge is 0.326 e. The Labute approximate surface area is 245 Å². The number of halogens is 2. The van der Waals surface area contributed by atoms with E-state index in [0.717, 1.165) is 11.0 Å². The molecule has 13 heteroatoms. The third kappa shape index (κ3) is 5.48. The second-order valence-corrected chi connectivity index (χ2v) is 12.8. The van der Waals surface area contributed by atoms with Gasteiger partial charge in [-0.15, -0.1) is 11.8 Å². The minimum atomic E-state index is -1.42. The lowest BCUT2D eigenvalue weighted by atomic mass is 9.96. The molecule has 0 amide bonds. The van der Waals surface area contributed by atoms with E-state index in [4.69, 9.17) is 33.7 Å². The SMILES string of the molecule is C[C@H](Nc1ncnc2cc(C(=O)C3(C(N)C(=O)OC(C)(C)C)NCCS3)c(Cl)cc12)c1nc2ccc(Cl)cc2[nH]1. The second-order valence-electron chi connectivity index (χ2n) is 10.6. The van der Waals surface area contributed by atoms with Gasteiger partial charge in [-0.05, 0) is 58.0 Å². The lowest BCUT2D eigenvalue weighted by Gasteiger charge is -2.33. The number of nitrogens with two attached hydrogens (primary N) is 1. The number of fused-ring (bicyclic) bond motifs is 2. The maximum atomic E-state index is 14.0. The lowest BCUT2D eigenvalue weighted by Crippen LogP contribution is -2.62. The van der Waals surface area contributed by atoms with Crippen LogP contribution in [0, 0.1) is 0 Å². The van der Waals surface area contributed by atoms with Crippen LogP contribution in [0.3, 0.4) is 0 Å². The minimum absolute atomic E-state index is 0.187. The van der Waals surface area contributed by atoms with Gasteiger partial charge in [-0.2, -0.15) is 0 Å². The van der Waals surface area contributed by atoms with Crippen LogP contribution in [-0.4, -0.2) is 60.5 Å². The molecule has 0 saturated carbocycles. The zero-order chi connectivity index (χ0) is 28.8. The lowest BCUT2D eigenvalue weighted by molar-refractivity contribution is -0.157. The largest absolute Gasteiger partial charge is 0.459 e. The summed E-state index contributed by atoms with van der Waals surface area (Å²) in [7, 11) is 0. The van der Waals surface area contributed by atoms with Gasteiger partial charge in [0.2, 0.25) is 0 Å². The molecule has 1 saturated heterocycles. The summed E-state index contributed by atoms with van der Waals surface area (Å²) in [6.07, 6.45) is 1.41. The second kappa shape index (κ2) is 10.8. The number of carbonyl (C=O) groups excluding carboxylic acids is 2. The van der Waals surface area contributed by atoms with E-state index < -0.39 is 28.3 Å². The number of aromatic amines is 1. The van der Waals surface area contributed by atoms with Crippen molar-refractivity contribution in [1.82, 2.24) is 25.3 Å². The molecule has 210 valence electrons. The summed E-state index contributed by atoms with van der Waals surface area (Å²) < 4.78 is 5.49. The van der Waals surface area contributed by atoms with Crippen molar-refractivity contribution in [3.05, 3.63) is 58.1 Å². The Morgan fingerprint density at radius 3 is 2.65 bits per heavy atom. The fraction of sp³-hybridized carbons (Fsp3) is 0.370. The molecule has 2 aromatic carbocycles. The number of anilines is 1. The van der Waals surface area contributed by atoms with Crippen LogP contribution in [0.1, 0.15) is 49.9 Å². The van der Waals surface area contributed by atoms with Gasteiger partial charge in [0.15, 0.2) is 10.7 Å². The summed E-state index contributed by atoms with van der Waals surface area (Å²) in [5.74, 6) is 0.725. The van der Waals surface area contributed by atoms with Crippen molar-refractivity contribution in [2.24, 2.45) is 5.73 Å². The van der Waals surface area contributed by atoms with Crippen molar-refractivity contribution in [3.63, 3.8) is 0 Å². The Kier molecular flexibility index (Phi) is 7.71. The van der Waals surface area contributed by atoms with E-state index in [1.165, 1.54) is 18.1 Å². The highest BCUT2D eigenvalue weighted by molar-refractivity contribution is 8.01. The summed E-state index contributed by atoms with van der Waals surface area (Å²) in [6, 6.07) is 7.20. The monoisotopic (exact) mass is 601 g/mol. The van der Waals surface area contributed by atoms with Gasteiger partial charge in [-0.3, -0.25) is 14.9 Å². The molecule has 4 aromatic rings. The van der Waals surface area contributed by atoms with Crippen LogP contribution >= 0.6 is 35.0 Å². The van der Waals surface area contributed by atoms with Crippen molar-refractivity contribution < 1.29 is 14.3 Å². The number of rotatable bonds is 7. The van der Waals surface area contributed by atoms with E-state index in [2.05, 4.69) is 30.6 Å². The molecule has 10 nitrogen and oxygen atoms in total. The number of ketones is 1. The number of hydrogen-bond acceptors (Lipinski definition) is 10. The van der Waals surface area contributed by atoms with Crippen LogP contribution in [-0.2, 0) is 9.53 Å². The predicted molar refractivity (Wildman–Crippen MR) is 159 cm³/mol. The first-order valence-corrected chi connectivity index (χ1v) is 14.4. The van der Waals surface area contributed by atoms with E-state index >= 15 is 0 Å². The zero-order valence-corrected chi connectivity index (χ0v) is 24.7. The number of H-pyrrole nitrogens is 1.